The number of hydrogen-bond donors (Lipinski definition) is 2. The zero-order valence-corrected chi connectivity index (χ0v) is 14.5. The van der Waals surface area contributed by atoms with E-state index in [0.29, 0.717) is 25.3 Å². The van der Waals surface area contributed by atoms with Gasteiger partial charge in [0, 0.05) is 31.2 Å². The molecule has 7 heteroatoms. The molecule has 1 fully saturated rings. The van der Waals surface area contributed by atoms with E-state index in [-0.39, 0.29) is 17.9 Å². The van der Waals surface area contributed by atoms with Gasteiger partial charge in [-0.1, -0.05) is 17.3 Å². The zero-order valence-electron chi connectivity index (χ0n) is 14.5. The van der Waals surface area contributed by atoms with Gasteiger partial charge in [-0.3, -0.25) is 0 Å². The Morgan fingerprint density at radius 1 is 1.32 bits per heavy atom. The Morgan fingerprint density at radius 3 is 2.68 bits per heavy atom. The molecule has 0 spiro atoms. The number of carbonyl (C=O) groups excluding carboxylic acids is 1. The van der Waals surface area contributed by atoms with E-state index in [1.165, 1.54) is 6.07 Å². The fraction of sp³-hybridized carbons (Fsp3) is 0.444. The summed E-state index contributed by atoms with van der Waals surface area (Å²) in [6.07, 6.45) is 1.57. The maximum absolute atomic E-state index is 13.7. The summed E-state index contributed by atoms with van der Waals surface area (Å²) >= 11 is 0. The zero-order chi connectivity index (χ0) is 17.8. The molecule has 3 rings (SSSR count). The summed E-state index contributed by atoms with van der Waals surface area (Å²) in [4.78, 5) is 14.1. The number of piperidine rings is 1. The van der Waals surface area contributed by atoms with E-state index in [1.54, 1.807) is 17.0 Å². The van der Waals surface area contributed by atoms with Crippen LogP contribution in [-0.4, -0.2) is 35.2 Å². The van der Waals surface area contributed by atoms with Crippen molar-refractivity contribution in [1.29, 1.82) is 0 Å². The van der Waals surface area contributed by atoms with Crippen molar-refractivity contribution in [3.05, 3.63) is 47.1 Å². The number of rotatable bonds is 4. The summed E-state index contributed by atoms with van der Waals surface area (Å²) in [6.45, 7) is 5.38. The predicted octanol–water partition coefficient (Wildman–Crippen LogP) is 3.22. The molecule has 1 aromatic heterocycles. The van der Waals surface area contributed by atoms with Crippen molar-refractivity contribution in [3.8, 4) is 0 Å². The van der Waals surface area contributed by atoms with Crippen LogP contribution in [0.4, 0.5) is 14.9 Å². The summed E-state index contributed by atoms with van der Waals surface area (Å²) in [6, 6.07) is 6.74. The first-order chi connectivity index (χ1) is 12.0. The Balaban J connectivity index is 1.47. The number of urea groups is 1. The Labute approximate surface area is 146 Å². The highest BCUT2D eigenvalue weighted by Gasteiger charge is 2.23. The monoisotopic (exact) mass is 346 g/mol. The highest BCUT2D eigenvalue weighted by Crippen LogP contribution is 2.19. The minimum absolute atomic E-state index is 0.0932. The van der Waals surface area contributed by atoms with Gasteiger partial charge in [0.05, 0.1) is 11.4 Å². The van der Waals surface area contributed by atoms with Gasteiger partial charge in [-0.25, -0.2) is 9.18 Å². The Kier molecular flexibility index (Phi) is 5.21. The van der Waals surface area contributed by atoms with Crippen molar-refractivity contribution in [2.75, 3.05) is 18.4 Å². The van der Waals surface area contributed by atoms with Gasteiger partial charge >= 0.3 is 6.03 Å². The highest BCUT2D eigenvalue weighted by molar-refractivity contribution is 5.74. The summed E-state index contributed by atoms with van der Waals surface area (Å²) in [5.41, 5.74) is 2.24. The van der Waals surface area contributed by atoms with Gasteiger partial charge in [0.25, 0.3) is 0 Å². The van der Waals surface area contributed by atoms with Crippen LogP contribution in [0, 0.1) is 19.7 Å². The van der Waals surface area contributed by atoms with Crippen molar-refractivity contribution < 1.29 is 13.7 Å². The molecule has 6 nitrogen and oxygen atoms in total. The second-order valence-electron chi connectivity index (χ2n) is 6.35. The number of nitrogens with zero attached hydrogens (tertiary/aromatic N) is 2. The second kappa shape index (κ2) is 7.55. The van der Waals surface area contributed by atoms with Crippen LogP contribution < -0.4 is 10.6 Å². The molecular weight excluding hydrogens is 323 g/mol. The van der Waals surface area contributed by atoms with Crippen LogP contribution in [0.3, 0.4) is 0 Å². The summed E-state index contributed by atoms with van der Waals surface area (Å²) in [5, 5.41) is 10.0. The number of aromatic nitrogens is 1. The highest BCUT2D eigenvalue weighted by atomic mass is 19.1. The van der Waals surface area contributed by atoms with E-state index in [4.69, 9.17) is 4.52 Å². The third kappa shape index (κ3) is 4.10. The molecule has 0 radical (unpaired) electrons. The molecule has 0 atom stereocenters. The summed E-state index contributed by atoms with van der Waals surface area (Å²) in [5.74, 6) is 0.479. The van der Waals surface area contributed by atoms with Gasteiger partial charge in [-0.2, -0.15) is 0 Å². The van der Waals surface area contributed by atoms with Crippen LogP contribution in [0.5, 0.6) is 0 Å². The fourth-order valence-electron chi connectivity index (χ4n) is 3.06. The largest absolute Gasteiger partial charge is 0.380 e. The minimum Gasteiger partial charge on any atom is -0.380 e. The number of benzene rings is 1. The molecule has 1 saturated heterocycles. The average molecular weight is 346 g/mol. The molecule has 2 amide bonds. The van der Waals surface area contributed by atoms with E-state index >= 15 is 0 Å². The molecule has 2 aromatic rings. The molecule has 0 bridgehead atoms. The molecule has 1 aromatic carbocycles. The van der Waals surface area contributed by atoms with Crippen LogP contribution in [-0.2, 0) is 6.54 Å². The maximum atomic E-state index is 13.7. The van der Waals surface area contributed by atoms with Crippen molar-refractivity contribution >= 4 is 11.7 Å². The smallest absolute Gasteiger partial charge is 0.317 e. The van der Waals surface area contributed by atoms with Crippen LogP contribution in [0.2, 0.25) is 0 Å². The molecule has 0 saturated carbocycles. The van der Waals surface area contributed by atoms with Crippen molar-refractivity contribution in [2.45, 2.75) is 39.3 Å². The lowest BCUT2D eigenvalue weighted by atomic mass is 10.0. The number of nitrogens with one attached hydrogen (secondary N) is 2. The van der Waals surface area contributed by atoms with E-state index in [0.717, 1.165) is 29.9 Å². The Hall–Kier alpha value is -2.57. The first-order valence-electron chi connectivity index (χ1n) is 8.50. The normalized spacial score (nSPS) is 15.2. The molecule has 1 aliphatic heterocycles. The van der Waals surface area contributed by atoms with Crippen LogP contribution in [0.1, 0.15) is 29.9 Å². The molecular formula is C18H23FN4O2. The lowest BCUT2D eigenvalue weighted by Crippen LogP contribution is -2.46. The fourth-order valence-corrected chi connectivity index (χ4v) is 3.06. The van der Waals surface area contributed by atoms with Crippen LogP contribution in [0.25, 0.3) is 0 Å². The molecule has 134 valence electrons. The maximum Gasteiger partial charge on any atom is 0.317 e. The van der Waals surface area contributed by atoms with E-state index < -0.39 is 0 Å². The van der Waals surface area contributed by atoms with E-state index in [2.05, 4.69) is 15.8 Å². The summed E-state index contributed by atoms with van der Waals surface area (Å²) in [7, 11) is 0. The molecule has 2 N–H and O–H groups in total. The van der Waals surface area contributed by atoms with Crippen LogP contribution in [0.15, 0.2) is 28.8 Å². The SMILES string of the molecule is Cc1noc(C)c1CNC(=O)N1CCC(Nc2ccccc2F)CC1. The standard InChI is InChI=1S/C18H23FN4O2/c1-12-15(13(2)25-22-12)11-20-18(24)23-9-7-14(8-10-23)21-17-6-4-3-5-16(17)19/h3-6,14,21H,7-11H2,1-2H3,(H,20,24). The minimum atomic E-state index is -0.248. The first kappa shape index (κ1) is 17.3. The third-order valence-corrected chi connectivity index (χ3v) is 4.61. The second-order valence-corrected chi connectivity index (χ2v) is 6.35. The Bertz CT molecular complexity index is 719. The number of likely N-dealkylation sites (tertiary alicyclic amines) is 1. The summed E-state index contributed by atoms with van der Waals surface area (Å²) < 4.78 is 18.8. The van der Waals surface area contributed by atoms with Crippen LogP contribution >= 0.6 is 0 Å². The number of aryl methyl sites for hydroxylation is 2. The molecule has 0 aliphatic carbocycles. The van der Waals surface area contributed by atoms with Gasteiger partial charge in [-0.15, -0.1) is 0 Å². The Morgan fingerprint density at radius 2 is 2.04 bits per heavy atom. The lowest BCUT2D eigenvalue weighted by Gasteiger charge is -2.33. The molecule has 0 unspecified atom stereocenters. The van der Waals surface area contributed by atoms with Gasteiger partial charge in [0.2, 0.25) is 0 Å². The van der Waals surface area contributed by atoms with Crippen molar-refractivity contribution in [3.63, 3.8) is 0 Å². The van der Waals surface area contributed by atoms with Gasteiger partial charge in [0.15, 0.2) is 0 Å². The van der Waals surface area contributed by atoms with E-state index in [1.807, 2.05) is 19.9 Å². The number of amides is 2. The molecule has 2 heterocycles. The number of carbonyl (C=O) groups is 1. The number of para-hydroxylation sites is 1. The number of hydrogen-bond acceptors (Lipinski definition) is 4. The topological polar surface area (TPSA) is 70.4 Å². The number of halogens is 1. The number of anilines is 1. The quantitative estimate of drug-likeness (QED) is 0.892. The van der Waals surface area contributed by atoms with Gasteiger partial charge in [0.1, 0.15) is 11.6 Å². The van der Waals surface area contributed by atoms with Crippen molar-refractivity contribution in [1.82, 2.24) is 15.4 Å². The molecule has 25 heavy (non-hydrogen) atoms. The van der Waals surface area contributed by atoms with Gasteiger partial charge in [-0.05, 0) is 38.8 Å². The van der Waals surface area contributed by atoms with Gasteiger partial charge < -0.3 is 20.1 Å². The first-order valence-corrected chi connectivity index (χ1v) is 8.50. The average Bonchev–Trinajstić information content (AvgIpc) is 2.93. The van der Waals surface area contributed by atoms with Crippen molar-refractivity contribution in [2.24, 2.45) is 0 Å². The molecule has 1 aliphatic rings. The third-order valence-electron chi connectivity index (χ3n) is 4.61. The van der Waals surface area contributed by atoms with E-state index in [9.17, 15) is 9.18 Å². The lowest BCUT2D eigenvalue weighted by molar-refractivity contribution is 0.183. The predicted molar refractivity (Wildman–Crippen MR) is 92.8 cm³/mol.